The number of anilines is 1. The minimum Gasteiger partial charge on any atom is -0.454 e. The van der Waals surface area contributed by atoms with E-state index in [1.54, 1.807) is 0 Å². The average molecular weight is 346 g/mol. The summed E-state index contributed by atoms with van der Waals surface area (Å²) in [5.41, 5.74) is 2.53. The molecule has 1 aliphatic heterocycles. The Morgan fingerprint density at radius 2 is 1.86 bits per heavy atom. The summed E-state index contributed by atoms with van der Waals surface area (Å²) in [6, 6.07) is 15.2. The van der Waals surface area contributed by atoms with Crippen molar-refractivity contribution in [1.82, 2.24) is 0 Å². The molecule has 0 saturated heterocycles. The number of halogens is 1. The molecule has 0 atom stereocenters. The lowest BCUT2D eigenvalue weighted by Gasteiger charge is -2.37. The van der Waals surface area contributed by atoms with Crippen molar-refractivity contribution < 1.29 is 9.47 Å². The van der Waals surface area contributed by atoms with Crippen molar-refractivity contribution >= 4 is 21.6 Å². The van der Waals surface area contributed by atoms with Gasteiger partial charge in [-0.15, -0.1) is 0 Å². The van der Waals surface area contributed by atoms with Gasteiger partial charge in [0, 0.05) is 22.3 Å². The van der Waals surface area contributed by atoms with Crippen LogP contribution in [-0.2, 0) is 0 Å². The van der Waals surface area contributed by atoms with E-state index in [0.717, 1.165) is 21.7 Å². The summed E-state index contributed by atoms with van der Waals surface area (Å²) < 4.78 is 11.9. The highest BCUT2D eigenvalue weighted by molar-refractivity contribution is 9.10. The number of hydrogen-bond acceptors (Lipinski definition) is 3. The van der Waals surface area contributed by atoms with E-state index >= 15 is 0 Å². The lowest BCUT2D eigenvalue weighted by Crippen LogP contribution is -2.33. The zero-order valence-corrected chi connectivity index (χ0v) is 13.1. The molecular weight excluding hydrogens is 330 g/mol. The first-order valence-corrected chi connectivity index (χ1v) is 7.99. The second-order valence-corrected chi connectivity index (χ2v) is 6.55. The van der Waals surface area contributed by atoms with Crippen molar-refractivity contribution in [3.05, 3.63) is 52.5 Å². The molecule has 3 nitrogen and oxygen atoms in total. The Hall–Kier alpha value is -1.68. The molecule has 4 heteroatoms. The molecule has 0 unspecified atom stereocenters. The predicted molar refractivity (Wildman–Crippen MR) is 86.1 cm³/mol. The van der Waals surface area contributed by atoms with Crippen LogP contribution in [0.25, 0.3) is 0 Å². The van der Waals surface area contributed by atoms with Gasteiger partial charge in [-0.25, -0.2) is 0 Å². The van der Waals surface area contributed by atoms with Gasteiger partial charge in [0.15, 0.2) is 11.5 Å². The van der Waals surface area contributed by atoms with Crippen molar-refractivity contribution in [3.8, 4) is 11.5 Å². The predicted octanol–water partition coefficient (Wildman–Crippen LogP) is 4.54. The first-order valence-electron chi connectivity index (χ1n) is 7.19. The molecule has 1 fully saturated rings. The first-order chi connectivity index (χ1) is 10.3. The number of hydrogen-bond donors (Lipinski definition) is 1. The standard InChI is InChI=1S/C17H16BrNO2/c18-13-3-1-2-11(6-13)12-7-15(8-12)19-14-4-5-16-17(9-14)21-10-20-16/h1-6,9,12,15,19H,7-8,10H2. The average Bonchev–Trinajstić information content (AvgIpc) is 2.89. The van der Waals surface area contributed by atoms with Crippen molar-refractivity contribution in [2.24, 2.45) is 0 Å². The molecule has 1 heterocycles. The van der Waals surface area contributed by atoms with Crippen LogP contribution in [0.3, 0.4) is 0 Å². The summed E-state index contributed by atoms with van der Waals surface area (Å²) in [7, 11) is 0. The summed E-state index contributed by atoms with van der Waals surface area (Å²) >= 11 is 3.54. The SMILES string of the molecule is Brc1cccc(C2CC(Nc3ccc4c(c3)OCO4)C2)c1. The van der Waals surface area contributed by atoms with Gasteiger partial charge in [0.2, 0.25) is 6.79 Å². The molecule has 0 aromatic heterocycles. The maximum Gasteiger partial charge on any atom is 0.231 e. The number of benzene rings is 2. The van der Waals surface area contributed by atoms with Gasteiger partial charge in [-0.1, -0.05) is 28.1 Å². The Kier molecular flexibility index (Phi) is 3.26. The fraction of sp³-hybridized carbons (Fsp3) is 0.294. The van der Waals surface area contributed by atoms with Gasteiger partial charge in [0.25, 0.3) is 0 Å². The zero-order chi connectivity index (χ0) is 14.2. The minimum absolute atomic E-state index is 0.327. The smallest absolute Gasteiger partial charge is 0.231 e. The minimum atomic E-state index is 0.327. The van der Waals surface area contributed by atoms with Gasteiger partial charge in [0.1, 0.15) is 0 Å². The number of rotatable bonds is 3. The second kappa shape index (κ2) is 5.26. The van der Waals surface area contributed by atoms with Gasteiger partial charge in [-0.2, -0.15) is 0 Å². The third-order valence-electron chi connectivity index (χ3n) is 4.20. The summed E-state index contributed by atoms with van der Waals surface area (Å²) in [5, 5.41) is 3.58. The van der Waals surface area contributed by atoms with Gasteiger partial charge < -0.3 is 14.8 Å². The lowest BCUT2D eigenvalue weighted by atomic mass is 9.76. The van der Waals surface area contributed by atoms with E-state index in [4.69, 9.17) is 9.47 Å². The van der Waals surface area contributed by atoms with E-state index in [0.29, 0.717) is 18.8 Å². The molecule has 1 N–H and O–H groups in total. The molecule has 1 aliphatic carbocycles. The van der Waals surface area contributed by atoms with Gasteiger partial charge >= 0.3 is 0 Å². The Morgan fingerprint density at radius 1 is 1.00 bits per heavy atom. The highest BCUT2D eigenvalue weighted by atomic mass is 79.9. The molecule has 2 aliphatic rings. The highest BCUT2D eigenvalue weighted by Gasteiger charge is 2.30. The number of nitrogens with one attached hydrogen (secondary N) is 1. The van der Waals surface area contributed by atoms with Crippen LogP contribution < -0.4 is 14.8 Å². The first kappa shape index (κ1) is 13.0. The van der Waals surface area contributed by atoms with Crippen molar-refractivity contribution in [2.45, 2.75) is 24.8 Å². The number of fused-ring (bicyclic) bond motifs is 1. The molecule has 0 bridgehead atoms. The zero-order valence-electron chi connectivity index (χ0n) is 11.5. The monoisotopic (exact) mass is 345 g/mol. The Bertz CT molecular complexity index is 668. The fourth-order valence-electron chi connectivity index (χ4n) is 2.99. The van der Waals surface area contributed by atoms with Crippen molar-refractivity contribution in [3.63, 3.8) is 0 Å². The van der Waals surface area contributed by atoms with Gasteiger partial charge in [-0.3, -0.25) is 0 Å². The van der Waals surface area contributed by atoms with E-state index in [9.17, 15) is 0 Å². The normalized spacial score (nSPS) is 22.7. The Morgan fingerprint density at radius 3 is 2.71 bits per heavy atom. The molecule has 4 rings (SSSR count). The maximum absolute atomic E-state index is 5.41. The third-order valence-corrected chi connectivity index (χ3v) is 4.69. The molecule has 108 valence electrons. The van der Waals surface area contributed by atoms with Crippen molar-refractivity contribution in [1.29, 1.82) is 0 Å². The fourth-order valence-corrected chi connectivity index (χ4v) is 3.41. The van der Waals surface area contributed by atoms with Crippen LogP contribution in [0, 0.1) is 0 Å². The van der Waals surface area contributed by atoms with Crippen LogP contribution in [-0.4, -0.2) is 12.8 Å². The third kappa shape index (κ3) is 2.60. The lowest BCUT2D eigenvalue weighted by molar-refractivity contribution is 0.174. The van der Waals surface area contributed by atoms with E-state index in [1.807, 2.05) is 12.1 Å². The number of ether oxygens (including phenoxy) is 2. The second-order valence-electron chi connectivity index (χ2n) is 5.63. The molecular formula is C17H16BrNO2. The molecule has 0 radical (unpaired) electrons. The van der Waals surface area contributed by atoms with E-state index in [-0.39, 0.29) is 0 Å². The highest BCUT2D eigenvalue weighted by Crippen LogP contribution is 2.40. The van der Waals surface area contributed by atoms with Crippen LogP contribution in [0.5, 0.6) is 11.5 Å². The maximum atomic E-state index is 5.41. The van der Waals surface area contributed by atoms with Gasteiger partial charge in [-0.05, 0) is 48.6 Å². The Balaban J connectivity index is 1.38. The topological polar surface area (TPSA) is 30.5 Å². The van der Waals surface area contributed by atoms with Crippen LogP contribution in [0.1, 0.15) is 24.3 Å². The van der Waals surface area contributed by atoms with Crippen molar-refractivity contribution in [2.75, 3.05) is 12.1 Å². The molecule has 0 amide bonds. The van der Waals surface area contributed by atoms with E-state index in [1.165, 1.54) is 18.4 Å². The molecule has 2 aromatic rings. The largest absolute Gasteiger partial charge is 0.454 e. The van der Waals surface area contributed by atoms with Crippen LogP contribution in [0.2, 0.25) is 0 Å². The molecule has 1 saturated carbocycles. The quantitative estimate of drug-likeness (QED) is 0.885. The van der Waals surface area contributed by atoms with Crippen LogP contribution in [0.4, 0.5) is 5.69 Å². The molecule has 21 heavy (non-hydrogen) atoms. The van der Waals surface area contributed by atoms with E-state index < -0.39 is 0 Å². The summed E-state index contributed by atoms with van der Waals surface area (Å²) in [6.07, 6.45) is 2.34. The summed E-state index contributed by atoms with van der Waals surface area (Å²) in [6.45, 7) is 0.327. The Labute approximate surface area is 132 Å². The summed E-state index contributed by atoms with van der Waals surface area (Å²) in [5.74, 6) is 2.33. The molecule has 0 spiro atoms. The summed E-state index contributed by atoms with van der Waals surface area (Å²) in [4.78, 5) is 0. The van der Waals surface area contributed by atoms with Gasteiger partial charge in [0.05, 0.1) is 0 Å². The van der Waals surface area contributed by atoms with Crippen LogP contribution in [0.15, 0.2) is 46.9 Å². The molecule has 2 aromatic carbocycles. The van der Waals surface area contributed by atoms with Crippen LogP contribution >= 0.6 is 15.9 Å². The van der Waals surface area contributed by atoms with E-state index in [2.05, 4.69) is 51.6 Å².